The molecule has 0 bridgehead atoms. The third-order valence-corrected chi connectivity index (χ3v) is 6.42. The lowest BCUT2D eigenvalue weighted by molar-refractivity contribution is -0.136. The number of carbonyl (C=O) groups is 1. The zero-order chi connectivity index (χ0) is 19.1. The fourth-order valence-electron chi connectivity index (χ4n) is 3.96. The molecule has 0 fully saturated rings. The predicted octanol–water partition coefficient (Wildman–Crippen LogP) is 4.35. The molecular formula is C21H37N3OS. The van der Waals surface area contributed by atoms with Gasteiger partial charge in [0, 0.05) is 23.9 Å². The molecule has 2 rings (SSSR count). The summed E-state index contributed by atoms with van der Waals surface area (Å²) in [6.07, 6.45) is 8.58. The van der Waals surface area contributed by atoms with Gasteiger partial charge in [-0.15, -0.1) is 11.3 Å². The molecule has 4 nitrogen and oxygen atoms in total. The number of aromatic nitrogens is 1. The number of hydrogen-bond acceptors (Lipinski definition) is 4. The third kappa shape index (κ3) is 5.78. The van der Waals surface area contributed by atoms with E-state index in [1.54, 1.807) is 0 Å². The van der Waals surface area contributed by atoms with Crippen LogP contribution < -0.4 is 5.32 Å². The Morgan fingerprint density at radius 1 is 1.35 bits per heavy atom. The smallest absolute Gasteiger partial charge is 0.239 e. The van der Waals surface area contributed by atoms with Crippen molar-refractivity contribution >= 4 is 17.2 Å². The van der Waals surface area contributed by atoms with Crippen LogP contribution in [-0.2, 0) is 17.6 Å². The number of aryl methyl sites for hydroxylation is 2. The molecule has 26 heavy (non-hydrogen) atoms. The molecule has 0 saturated heterocycles. The van der Waals surface area contributed by atoms with E-state index in [0.717, 1.165) is 56.0 Å². The van der Waals surface area contributed by atoms with Crippen LogP contribution in [0.3, 0.4) is 0 Å². The van der Waals surface area contributed by atoms with Gasteiger partial charge in [-0.3, -0.25) is 4.79 Å². The number of fused-ring (bicyclic) bond motifs is 1. The number of hydrogen-bond donors (Lipinski definition) is 1. The van der Waals surface area contributed by atoms with Crippen LogP contribution in [0.1, 0.15) is 74.9 Å². The summed E-state index contributed by atoms with van der Waals surface area (Å²) in [6.45, 7) is 9.65. The monoisotopic (exact) mass is 379 g/mol. The normalized spacial score (nSPS) is 18.0. The Morgan fingerprint density at radius 2 is 2.08 bits per heavy atom. The summed E-state index contributed by atoms with van der Waals surface area (Å²) in [4.78, 5) is 21.5. The number of nitrogens with zero attached hydrogens (tertiary/aromatic N) is 2. The second kappa shape index (κ2) is 10.4. The van der Waals surface area contributed by atoms with Gasteiger partial charge in [0.1, 0.15) is 0 Å². The fourth-order valence-corrected chi connectivity index (χ4v) is 5.01. The first-order valence-corrected chi connectivity index (χ1v) is 11.2. The van der Waals surface area contributed by atoms with Gasteiger partial charge in [-0.25, -0.2) is 4.98 Å². The van der Waals surface area contributed by atoms with Gasteiger partial charge in [0.2, 0.25) is 5.91 Å². The second-order valence-electron chi connectivity index (χ2n) is 8.05. The van der Waals surface area contributed by atoms with E-state index in [1.165, 1.54) is 23.4 Å². The topological polar surface area (TPSA) is 45.2 Å². The third-order valence-electron chi connectivity index (χ3n) is 5.38. The largest absolute Gasteiger partial charge is 0.338 e. The van der Waals surface area contributed by atoms with E-state index in [9.17, 15) is 4.79 Å². The number of unbranched alkanes of at least 4 members (excludes halogenated alkanes) is 1. The molecule has 0 spiro atoms. The van der Waals surface area contributed by atoms with Gasteiger partial charge in [-0.05, 0) is 45.6 Å². The van der Waals surface area contributed by atoms with Gasteiger partial charge < -0.3 is 10.2 Å². The second-order valence-corrected chi connectivity index (χ2v) is 9.34. The summed E-state index contributed by atoms with van der Waals surface area (Å²) >= 11 is 1.81. The summed E-state index contributed by atoms with van der Waals surface area (Å²) in [6, 6.07) is 0.291. The molecule has 0 radical (unpaired) electrons. The summed E-state index contributed by atoms with van der Waals surface area (Å²) in [7, 11) is 1.93. The van der Waals surface area contributed by atoms with Crippen molar-refractivity contribution in [1.29, 1.82) is 0 Å². The molecule has 0 aliphatic heterocycles. The minimum atomic E-state index is -0.0432. The van der Waals surface area contributed by atoms with Crippen molar-refractivity contribution in [2.75, 3.05) is 13.6 Å². The first kappa shape index (κ1) is 21.4. The van der Waals surface area contributed by atoms with Crippen molar-refractivity contribution in [3.05, 3.63) is 15.6 Å². The lowest BCUT2D eigenvalue weighted by Crippen LogP contribution is -2.51. The van der Waals surface area contributed by atoms with Crippen LogP contribution in [0.2, 0.25) is 0 Å². The molecule has 1 N–H and O–H groups in total. The zero-order valence-electron chi connectivity index (χ0n) is 17.3. The van der Waals surface area contributed by atoms with Crippen LogP contribution >= 0.6 is 11.3 Å². The van der Waals surface area contributed by atoms with Crippen molar-refractivity contribution in [3.8, 4) is 0 Å². The van der Waals surface area contributed by atoms with Gasteiger partial charge in [0.25, 0.3) is 0 Å². The zero-order valence-corrected chi connectivity index (χ0v) is 18.1. The van der Waals surface area contributed by atoms with E-state index < -0.39 is 0 Å². The molecule has 5 heteroatoms. The van der Waals surface area contributed by atoms with Gasteiger partial charge in [-0.2, -0.15) is 0 Å². The first-order valence-electron chi connectivity index (χ1n) is 10.4. The fraction of sp³-hybridized carbons (Fsp3) is 0.810. The number of thiazole rings is 1. The first-order chi connectivity index (χ1) is 12.5. The van der Waals surface area contributed by atoms with Crippen LogP contribution in [0.15, 0.2) is 0 Å². The highest BCUT2D eigenvalue weighted by atomic mass is 32.1. The van der Waals surface area contributed by atoms with E-state index in [0.29, 0.717) is 11.9 Å². The van der Waals surface area contributed by atoms with Gasteiger partial charge in [0.15, 0.2) is 0 Å². The molecule has 2 unspecified atom stereocenters. The van der Waals surface area contributed by atoms with Gasteiger partial charge in [0.05, 0.1) is 16.7 Å². The number of nitrogens with one attached hydrogen (secondary N) is 1. The van der Waals surface area contributed by atoms with Crippen molar-refractivity contribution in [3.63, 3.8) is 0 Å². The van der Waals surface area contributed by atoms with E-state index in [-0.39, 0.29) is 6.04 Å². The Hall–Kier alpha value is -0.940. The molecule has 1 aromatic rings. The number of amides is 1. The van der Waals surface area contributed by atoms with E-state index in [1.807, 2.05) is 18.4 Å². The minimum absolute atomic E-state index is 0.0432. The molecule has 1 aliphatic rings. The lowest BCUT2D eigenvalue weighted by atomic mass is 9.94. The maximum atomic E-state index is 13.3. The number of rotatable bonds is 10. The van der Waals surface area contributed by atoms with E-state index in [4.69, 9.17) is 0 Å². The molecule has 0 aromatic carbocycles. The molecular weight excluding hydrogens is 342 g/mol. The highest BCUT2D eigenvalue weighted by Gasteiger charge is 2.31. The van der Waals surface area contributed by atoms with Crippen LogP contribution in [0.4, 0.5) is 0 Å². The van der Waals surface area contributed by atoms with Crippen molar-refractivity contribution < 1.29 is 4.79 Å². The molecule has 148 valence electrons. The van der Waals surface area contributed by atoms with Crippen molar-refractivity contribution in [2.45, 2.75) is 91.1 Å². The number of likely N-dealkylation sites (N-methyl/N-ethyl adjacent to an activating group) is 1. The van der Waals surface area contributed by atoms with Crippen LogP contribution in [0.25, 0.3) is 0 Å². The highest BCUT2D eigenvalue weighted by molar-refractivity contribution is 7.11. The van der Waals surface area contributed by atoms with Gasteiger partial charge >= 0.3 is 0 Å². The Balaban J connectivity index is 1.99. The standard InChI is InChI=1S/C21H37N3OS/c1-6-13-24(17-11-12-18-20(14-17)26-16(4)23-18)21(25)19(22-5)10-8-7-9-15(2)3/h15,17,19,22H,6-14H2,1-5H3. The Bertz CT molecular complexity index is 570. The van der Waals surface area contributed by atoms with Crippen LogP contribution in [-0.4, -0.2) is 41.5 Å². The molecule has 1 aromatic heterocycles. The lowest BCUT2D eigenvalue weighted by Gasteiger charge is -2.36. The number of carbonyl (C=O) groups excluding carboxylic acids is 1. The summed E-state index contributed by atoms with van der Waals surface area (Å²) in [5, 5.41) is 4.45. The highest BCUT2D eigenvalue weighted by Crippen LogP contribution is 2.29. The maximum absolute atomic E-state index is 13.3. The minimum Gasteiger partial charge on any atom is -0.338 e. The molecule has 2 atom stereocenters. The summed E-state index contributed by atoms with van der Waals surface area (Å²) < 4.78 is 0. The molecule has 1 aliphatic carbocycles. The quantitative estimate of drug-likeness (QED) is 0.615. The predicted molar refractivity (Wildman–Crippen MR) is 111 cm³/mol. The van der Waals surface area contributed by atoms with Crippen molar-refractivity contribution in [1.82, 2.24) is 15.2 Å². The molecule has 1 heterocycles. The SMILES string of the molecule is CCCN(C(=O)C(CCCCC(C)C)NC)C1CCc2nc(C)sc2C1. The average molecular weight is 380 g/mol. The summed E-state index contributed by atoms with van der Waals surface area (Å²) in [5.74, 6) is 1.04. The Labute approximate surface area is 163 Å². The van der Waals surface area contributed by atoms with E-state index >= 15 is 0 Å². The molecule has 0 saturated carbocycles. The van der Waals surface area contributed by atoms with Crippen LogP contribution in [0, 0.1) is 12.8 Å². The molecule has 1 amide bonds. The Morgan fingerprint density at radius 3 is 2.73 bits per heavy atom. The summed E-state index contributed by atoms with van der Waals surface area (Å²) in [5.41, 5.74) is 1.27. The van der Waals surface area contributed by atoms with Gasteiger partial charge in [-0.1, -0.05) is 40.0 Å². The Kier molecular flexibility index (Phi) is 8.55. The maximum Gasteiger partial charge on any atom is 0.239 e. The van der Waals surface area contributed by atoms with Crippen LogP contribution in [0.5, 0.6) is 0 Å². The average Bonchev–Trinajstić information content (AvgIpc) is 2.98. The van der Waals surface area contributed by atoms with Crippen molar-refractivity contribution in [2.24, 2.45) is 5.92 Å². The van der Waals surface area contributed by atoms with E-state index in [2.05, 4.69) is 42.9 Å².